The molecule has 0 heterocycles. The van der Waals surface area contributed by atoms with Gasteiger partial charge < -0.3 is 9.84 Å². The van der Waals surface area contributed by atoms with Gasteiger partial charge in [-0.1, -0.05) is 91.0 Å². The van der Waals surface area contributed by atoms with Crippen molar-refractivity contribution >= 4 is 0 Å². The standard InChI is InChI=1S/C19H16.C4H10O.CH4O/c1-4-10-16(11-5-1)19(17-12-6-2-7-13-17)18-14-8-3-9-15-18;1-3-5-4-2;1-2/h1-15,19H;3-4H2,1-2H3;2H,1H3. The van der Waals surface area contributed by atoms with Crippen LogP contribution in [-0.2, 0) is 4.74 Å². The van der Waals surface area contributed by atoms with Crippen LogP contribution in [0.15, 0.2) is 91.0 Å². The van der Waals surface area contributed by atoms with Gasteiger partial charge in [0.25, 0.3) is 0 Å². The van der Waals surface area contributed by atoms with E-state index in [9.17, 15) is 0 Å². The quantitative estimate of drug-likeness (QED) is 0.614. The largest absolute Gasteiger partial charge is 0.400 e. The molecule has 0 unspecified atom stereocenters. The summed E-state index contributed by atoms with van der Waals surface area (Å²) in [5.41, 5.74) is 4.00. The smallest absolute Gasteiger partial charge is 0.0437 e. The summed E-state index contributed by atoms with van der Waals surface area (Å²) in [5.74, 6) is 0.309. The number of hydrogen-bond acceptors (Lipinski definition) is 2. The van der Waals surface area contributed by atoms with E-state index in [1.807, 2.05) is 13.8 Å². The molecule has 3 rings (SSSR count). The molecule has 0 aromatic heterocycles. The Hall–Kier alpha value is -2.42. The third kappa shape index (κ3) is 7.22. The van der Waals surface area contributed by atoms with E-state index >= 15 is 0 Å². The highest BCUT2D eigenvalue weighted by Crippen LogP contribution is 2.31. The van der Waals surface area contributed by atoms with Gasteiger partial charge in [0.05, 0.1) is 0 Å². The van der Waals surface area contributed by atoms with Gasteiger partial charge in [0.2, 0.25) is 0 Å². The van der Waals surface area contributed by atoms with Crippen molar-refractivity contribution in [3.63, 3.8) is 0 Å². The van der Waals surface area contributed by atoms with E-state index in [-0.39, 0.29) is 0 Å². The predicted molar refractivity (Wildman–Crippen MR) is 111 cm³/mol. The van der Waals surface area contributed by atoms with Gasteiger partial charge in [-0.15, -0.1) is 0 Å². The Morgan fingerprint density at radius 1 is 0.577 bits per heavy atom. The zero-order valence-corrected chi connectivity index (χ0v) is 16.0. The summed E-state index contributed by atoms with van der Waals surface area (Å²) in [4.78, 5) is 0. The van der Waals surface area contributed by atoms with Crippen molar-refractivity contribution in [1.29, 1.82) is 0 Å². The summed E-state index contributed by atoms with van der Waals surface area (Å²) in [6, 6.07) is 32.0. The lowest BCUT2D eigenvalue weighted by Crippen LogP contribution is -2.02. The van der Waals surface area contributed by atoms with E-state index in [0.29, 0.717) is 5.92 Å². The highest BCUT2D eigenvalue weighted by atomic mass is 16.5. The molecule has 0 bridgehead atoms. The Morgan fingerprint density at radius 3 is 1.04 bits per heavy atom. The van der Waals surface area contributed by atoms with Crippen molar-refractivity contribution < 1.29 is 9.84 Å². The Balaban J connectivity index is 0.000000420. The zero-order valence-electron chi connectivity index (χ0n) is 16.0. The van der Waals surface area contributed by atoms with E-state index in [4.69, 9.17) is 9.84 Å². The molecule has 2 heteroatoms. The van der Waals surface area contributed by atoms with Gasteiger partial charge in [0.1, 0.15) is 0 Å². The molecule has 138 valence electrons. The van der Waals surface area contributed by atoms with Crippen molar-refractivity contribution in [2.75, 3.05) is 20.3 Å². The Morgan fingerprint density at radius 2 is 0.846 bits per heavy atom. The molecule has 0 aliphatic heterocycles. The average molecular weight is 351 g/mol. The summed E-state index contributed by atoms with van der Waals surface area (Å²) in [5, 5.41) is 7.00. The van der Waals surface area contributed by atoms with E-state index in [1.54, 1.807) is 0 Å². The molecule has 0 fully saturated rings. The number of aliphatic hydroxyl groups excluding tert-OH is 1. The van der Waals surface area contributed by atoms with Crippen LogP contribution in [0, 0.1) is 0 Å². The first-order valence-corrected chi connectivity index (χ1v) is 9.04. The van der Waals surface area contributed by atoms with Crippen molar-refractivity contribution in [1.82, 2.24) is 0 Å². The minimum atomic E-state index is 0.309. The minimum Gasteiger partial charge on any atom is -0.400 e. The molecule has 0 saturated heterocycles. The topological polar surface area (TPSA) is 29.5 Å². The molecule has 0 atom stereocenters. The number of rotatable bonds is 5. The van der Waals surface area contributed by atoms with Crippen LogP contribution in [0.3, 0.4) is 0 Å². The summed E-state index contributed by atoms with van der Waals surface area (Å²) in [6.07, 6.45) is 0. The molecule has 0 spiro atoms. The van der Waals surface area contributed by atoms with Gasteiger partial charge in [-0.2, -0.15) is 0 Å². The highest BCUT2D eigenvalue weighted by Gasteiger charge is 2.15. The molecule has 0 aliphatic rings. The maximum Gasteiger partial charge on any atom is 0.0437 e. The van der Waals surface area contributed by atoms with Crippen LogP contribution < -0.4 is 0 Å². The van der Waals surface area contributed by atoms with Gasteiger partial charge in [-0.3, -0.25) is 0 Å². The van der Waals surface area contributed by atoms with Crippen LogP contribution in [0.4, 0.5) is 0 Å². The molecule has 1 N–H and O–H groups in total. The van der Waals surface area contributed by atoms with E-state index in [1.165, 1.54) is 16.7 Å². The third-order valence-corrected chi connectivity index (χ3v) is 3.81. The first-order valence-electron chi connectivity index (χ1n) is 9.04. The number of ether oxygens (including phenoxy) is 1. The molecule has 26 heavy (non-hydrogen) atoms. The maximum atomic E-state index is 7.00. The first kappa shape index (κ1) is 21.6. The molecular formula is C24H30O2. The van der Waals surface area contributed by atoms with Crippen LogP contribution in [0.5, 0.6) is 0 Å². The molecule has 0 saturated carbocycles. The van der Waals surface area contributed by atoms with Crippen LogP contribution in [0.1, 0.15) is 36.5 Å². The first-order chi connectivity index (χ1) is 12.9. The fraction of sp³-hybridized carbons (Fsp3) is 0.250. The highest BCUT2D eigenvalue weighted by molar-refractivity contribution is 5.42. The van der Waals surface area contributed by atoms with E-state index in [2.05, 4.69) is 91.0 Å². The second kappa shape index (κ2) is 13.8. The lowest BCUT2D eigenvalue weighted by atomic mass is 9.85. The van der Waals surface area contributed by atoms with Gasteiger partial charge >= 0.3 is 0 Å². The second-order valence-electron chi connectivity index (χ2n) is 5.45. The van der Waals surface area contributed by atoms with Crippen molar-refractivity contribution in [3.8, 4) is 0 Å². The average Bonchev–Trinajstić information content (AvgIpc) is 2.73. The summed E-state index contributed by atoms with van der Waals surface area (Å²) >= 11 is 0. The molecule has 3 aromatic carbocycles. The Kier molecular flexibility index (Phi) is 11.5. The predicted octanol–water partition coefficient (Wildman–Crippen LogP) is 5.52. The summed E-state index contributed by atoms with van der Waals surface area (Å²) < 4.78 is 4.83. The molecule has 0 radical (unpaired) electrons. The minimum absolute atomic E-state index is 0.309. The van der Waals surface area contributed by atoms with Crippen molar-refractivity contribution in [2.45, 2.75) is 19.8 Å². The molecule has 0 aliphatic carbocycles. The zero-order chi connectivity index (χ0) is 19.0. The van der Waals surface area contributed by atoms with Crippen LogP contribution in [-0.4, -0.2) is 25.4 Å². The van der Waals surface area contributed by atoms with Gasteiger partial charge in [0.15, 0.2) is 0 Å². The number of hydrogen-bond donors (Lipinski definition) is 1. The van der Waals surface area contributed by atoms with Crippen molar-refractivity contribution in [3.05, 3.63) is 108 Å². The van der Waals surface area contributed by atoms with Crippen LogP contribution in [0.2, 0.25) is 0 Å². The molecule has 0 amide bonds. The molecule has 3 aromatic rings. The van der Waals surface area contributed by atoms with Gasteiger partial charge in [0, 0.05) is 26.2 Å². The monoisotopic (exact) mass is 350 g/mol. The van der Waals surface area contributed by atoms with Gasteiger partial charge in [-0.25, -0.2) is 0 Å². The maximum absolute atomic E-state index is 7.00. The Bertz CT molecular complexity index is 570. The summed E-state index contributed by atoms with van der Waals surface area (Å²) in [7, 11) is 1.00. The van der Waals surface area contributed by atoms with Crippen LogP contribution >= 0.6 is 0 Å². The molecular weight excluding hydrogens is 320 g/mol. The van der Waals surface area contributed by atoms with E-state index in [0.717, 1.165) is 20.3 Å². The van der Waals surface area contributed by atoms with E-state index < -0.39 is 0 Å². The fourth-order valence-electron chi connectivity index (χ4n) is 2.72. The Labute approximate surface area is 158 Å². The second-order valence-corrected chi connectivity index (χ2v) is 5.45. The van der Waals surface area contributed by atoms with Crippen molar-refractivity contribution in [2.24, 2.45) is 0 Å². The SMILES string of the molecule is CCOCC.CO.c1ccc(C(c2ccccc2)c2ccccc2)cc1. The third-order valence-electron chi connectivity index (χ3n) is 3.81. The van der Waals surface area contributed by atoms with Gasteiger partial charge in [-0.05, 0) is 30.5 Å². The lowest BCUT2D eigenvalue weighted by Gasteiger charge is -2.18. The summed E-state index contributed by atoms with van der Waals surface area (Å²) in [6.45, 7) is 5.67. The molecule has 2 nitrogen and oxygen atoms in total. The fourth-order valence-corrected chi connectivity index (χ4v) is 2.72. The normalized spacial score (nSPS) is 9.58. The van der Waals surface area contributed by atoms with Crippen LogP contribution in [0.25, 0.3) is 0 Å². The number of benzene rings is 3. The number of aliphatic hydroxyl groups is 1. The lowest BCUT2D eigenvalue weighted by molar-refractivity contribution is 0.162.